The number of aromatic nitrogens is 3. The lowest BCUT2D eigenvalue weighted by Crippen LogP contribution is -2.34. The normalized spacial score (nSPS) is 16.3. The molecule has 0 unspecified atom stereocenters. The number of methoxy groups -OCH3 is 1. The lowest BCUT2D eigenvalue weighted by atomic mass is 9.96. The van der Waals surface area contributed by atoms with Gasteiger partial charge in [0.05, 0.1) is 60.0 Å². The molecule has 2 aliphatic rings. The van der Waals surface area contributed by atoms with Gasteiger partial charge in [0.2, 0.25) is 5.88 Å². The molecule has 5 aromatic rings. The van der Waals surface area contributed by atoms with Crippen molar-refractivity contribution in [1.29, 1.82) is 5.26 Å². The summed E-state index contributed by atoms with van der Waals surface area (Å²) in [6, 6.07) is 19.8. The van der Waals surface area contributed by atoms with Gasteiger partial charge in [0.1, 0.15) is 18.2 Å². The summed E-state index contributed by atoms with van der Waals surface area (Å²) in [5, 5.41) is 10.0. The Bertz CT molecular complexity index is 1940. The van der Waals surface area contributed by atoms with E-state index in [2.05, 4.69) is 21.6 Å². The summed E-state index contributed by atoms with van der Waals surface area (Å²) in [7, 11) is 1.39. The van der Waals surface area contributed by atoms with Crippen LogP contribution in [0.2, 0.25) is 0 Å². The van der Waals surface area contributed by atoms with Gasteiger partial charge in [-0.2, -0.15) is 5.26 Å². The molecule has 2 aliphatic heterocycles. The molecule has 0 amide bonds. The standard InChI is InChI=1S/C34H30FN5O4/c1-42-34(41)23-6-8-29-30(15-23)40(18-26-11-13-43-26)31(37-29)19-39-12-10-27-24(17-39)5-4-22-7-9-32(38-33(22)27)44-20-25-3-2-21(16-36)14-28(25)35/h2-9,14-15,26H,10-13,17-20H2,1H3/t26-/m0/s1. The van der Waals surface area contributed by atoms with Crippen LogP contribution < -0.4 is 4.74 Å². The first-order chi connectivity index (χ1) is 21.5. The Hall–Kier alpha value is -4.85. The number of esters is 1. The first-order valence-electron chi connectivity index (χ1n) is 14.6. The lowest BCUT2D eigenvalue weighted by molar-refractivity contribution is -0.0592. The van der Waals surface area contributed by atoms with Crippen molar-refractivity contribution in [1.82, 2.24) is 19.4 Å². The minimum atomic E-state index is -0.472. The third-order valence-electron chi connectivity index (χ3n) is 8.46. The quantitative estimate of drug-likeness (QED) is 0.224. The van der Waals surface area contributed by atoms with Gasteiger partial charge in [-0.15, -0.1) is 0 Å². The Morgan fingerprint density at radius 3 is 2.77 bits per heavy atom. The van der Waals surface area contributed by atoms with E-state index in [-0.39, 0.29) is 24.2 Å². The molecule has 1 fully saturated rings. The predicted octanol–water partition coefficient (Wildman–Crippen LogP) is 5.31. The number of pyridine rings is 1. The second kappa shape index (κ2) is 11.7. The number of carbonyl (C=O) groups is 1. The summed E-state index contributed by atoms with van der Waals surface area (Å²) < 4.78 is 33.1. The fraction of sp³-hybridized carbons (Fsp3) is 0.294. The van der Waals surface area contributed by atoms with Crippen LogP contribution in [0.25, 0.3) is 21.9 Å². The van der Waals surface area contributed by atoms with Crippen molar-refractivity contribution in [2.45, 2.75) is 45.2 Å². The van der Waals surface area contributed by atoms with Crippen molar-refractivity contribution in [3.63, 3.8) is 0 Å². The summed E-state index contributed by atoms with van der Waals surface area (Å²) in [5.74, 6) is 0.519. The number of nitrogens with zero attached hydrogens (tertiary/aromatic N) is 5. The molecule has 44 heavy (non-hydrogen) atoms. The highest BCUT2D eigenvalue weighted by Gasteiger charge is 2.25. The number of imidazole rings is 1. The Morgan fingerprint density at radius 1 is 1.14 bits per heavy atom. The summed E-state index contributed by atoms with van der Waals surface area (Å²) in [4.78, 5) is 24.4. The molecule has 10 heteroatoms. The number of carbonyl (C=O) groups excluding carboxylic acids is 1. The van der Waals surface area contributed by atoms with Gasteiger partial charge in [0.25, 0.3) is 0 Å². The molecule has 0 radical (unpaired) electrons. The molecule has 7 rings (SSSR count). The summed E-state index contributed by atoms with van der Waals surface area (Å²) in [6.45, 7) is 3.69. The second-order valence-electron chi connectivity index (χ2n) is 11.2. The molecule has 0 aliphatic carbocycles. The van der Waals surface area contributed by atoms with Crippen molar-refractivity contribution in [2.75, 3.05) is 20.3 Å². The van der Waals surface area contributed by atoms with Gasteiger partial charge in [-0.3, -0.25) is 4.90 Å². The topological polar surface area (TPSA) is 102 Å². The molecule has 1 atom stereocenters. The van der Waals surface area contributed by atoms with E-state index in [4.69, 9.17) is 29.4 Å². The van der Waals surface area contributed by atoms with Crippen LogP contribution in [0.1, 0.15) is 44.9 Å². The van der Waals surface area contributed by atoms with Gasteiger partial charge in [0, 0.05) is 36.7 Å². The Balaban J connectivity index is 1.12. The SMILES string of the molecule is COC(=O)c1ccc2nc(CN3CCc4c(ccc5ccc(OCc6ccc(C#N)cc6F)nc45)C3)n(C[C@@H]3CCO3)c2c1. The number of hydrogen-bond donors (Lipinski definition) is 0. The van der Waals surface area contributed by atoms with Crippen LogP contribution in [-0.2, 0) is 42.1 Å². The average molecular weight is 592 g/mol. The second-order valence-corrected chi connectivity index (χ2v) is 11.2. The highest BCUT2D eigenvalue weighted by Crippen LogP contribution is 2.30. The van der Waals surface area contributed by atoms with Crippen molar-refractivity contribution >= 4 is 27.9 Å². The van der Waals surface area contributed by atoms with Crippen molar-refractivity contribution < 1.29 is 23.4 Å². The molecular weight excluding hydrogens is 561 g/mol. The van der Waals surface area contributed by atoms with Gasteiger partial charge in [0.15, 0.2) is 0 Å². The van der Waals surface area contributed by atoms with E-state index in [0.29, 0.717) is 30.1 Å². The largest absolute Gasteiger partial charge is 0.473 e. The van der Waals surface area contributed by atoms with Crippen LogP contribution in [-0.4, -0.2) is 51.8 Å². The Kier molecular flexibility index (Phi) is 7.42. The molecule has 0 N–H and O–H groups in total. The van der Waals surface area contributed by atoms with Crippen molar-refractivity contribution in [2.24, 2.45) is 0 Å². The van der Waals surface area contributed by atoms with Crippen LogP contribution >= 0.6 is 0 Å². The zero-order chi connectivity index (χ0) is 30.2. The smallest absolute Gasteiger partial charge is 0.337 e. The number of halogens is 1. The molecule has 3 aromatic carbocycles. The third kappa shape index (κ3) is 5.36. The molecule has 0 spiro atoms. The molecule has 2 aromatic heterocycles. The van der Waals surface area contributed by atoms with Gasteiger partial charge < -0.3 is 18.8 Å². The summed E-state index contributed by atoms with van der Waals surface area (Å²) in [6.07, 6.45) is 1.95. The first kappa shape index (κ1) is 28.0. The Labute approximate surface area is 253 Å². The fourth-order valence-corrected chi connectivity index (χ4v) is 5.96. The highest BCUT2D eigenvalue weighted by molar-refractivity contribution is 5.93. The van der Waals surface area contributed by atoms with Gasteiger partial charge in [-0.1, -0.05) is 18.2 Å². The number of fused-ring (bicyclic) bond motifs is 4. The van der Waals surface area contributed by atoms with E-state index >= 15 is 0 Å². The van der Waals surface area contributed by atoms with E-state index in [0.717, 1.165) is 60.3 Å². The maximum Gasteiger partial charge on any atom is 0.337 e. The van der Waals surface area contributed by atoms with Crippen LogP contribution in [0.5, 0.6) is 5.88 Å². The molecule has 0 saturated carbocycles. The zero-order valence-electron chi connectivity index (χ0n) is 24.3. The molecule has 1 saturated heterocycles. The van der Waals surface area contributed by atoms with Crippen LogP contribution in [0.4, 0.5) is 4.39 Å². The van der Waals surface area contributed by atoms with Crippen molar-refractivity contribution in [3.05, 3.63) is 100 Å². The van der Waals surface area contributed by atoms with Gasteiger partial charge >= 0.3 is 5.97 Å². The summed E-state index contributed by atoms with van der Waals surface area (Å²) in [5.41, 5.74) is 6.16. The number of ether oxygens (including phenoxy) is 3. The molecular formula is C34H30FN5O4. The zero-order valence-corrected chi connectivity index (χ0v) is 24.3. The van der Waals surface area contributed by atoms with Crippen LogP contribution in [0.3, 0.4) is 0 Å². The maximum absolute atomic E-state index is 14.4. The summed E-state index contributed by atoms with van der Waals surface area (Å²) >= 11 is 0. The van der Waals surface area contributed by atoms with Crippen LogP contribution in [0.15, 0.2) is 60.7 Å². The Morgan fingerprint density at radius 2 is 2.00 bits per heavy atom. The first-order valence-corrected chi connectivity index (χ1v) is 14.6. The molecule has 0 bridgehead atoms. The van der Waals surface area contributed by atoms with Gasteiger partial charge in [-0.25, -0.2) is 19.2 Å². The number of hydrogen-bond acceptors (Lipinski definition) is 8. The minimum Gasteiger partial charge on any atom is -0.473 e. The highest BCUT2D eigenvalue weighted by atomic mass is 19.1. The number of nitriles is 1. The van der Waals surface area contributed by atoms with E-state index in [1.807, 2.05) is 24.3 Å². The molecule has 222 valence electrons. The third-order valence-corrected chi connectivity index (χ3v) is 8.46. The average Bonchev–Trinajstić information content (AvgIpc) is 3.36. The fourth-order valence-electron chi connectivity index (χ4n) is 5.96. The van der Waals surface area contributed by atoms with E-state index < -0.39 is 5.82 Å². The van der Waals surface area contributed by atoms with Gasteiger partial charge in [-0.05, 0) is 60.4 Å². The number of benzene rings is 3. The van der Waals surface area contributed by atoms with Crippen LogP contribution in [0, 0.1) is 17.1 Å². The lowest BCUT2D eigenvalue weighted by Gasteiger charge is -2.31. The monoisotopic (exact) mass is 591 g/mol. The molecule has 9 nitrogen and oxygen atoms in total. The predicted molar refractivity (Wildman–Crippen MR) is 160 cm³/mol. The van der Waals surface area contributed by atoms with Crippen molar-refractivity contribution in [3.8, 4) is 11.9 Å². The van der Waals surface area contributed by atoms with E-state index in [1.165, 1.54) is 24.3 Å². The molecule has 4 heterocycles. The minimum absolute atomic E-state index is 0.0207. The maximum atomic E-state index is 14.4. The van der Waals surface area contributed by atoms with E-state index in [9.17, 15) is 9.18 Å². The van der Waals surface area contributed by atoms with E-state index in [1.54, 1.807) is 24.3 Å². The number of rotatable bonds is 8.